The van der Waals surface area contributed by atoms with Crippen LogP contribution >= 0.6 is 0 Å². The maximum atomic E-state index is 5.57. The fourth-order valence-corrected chi connectivity index (χ4v) is 3.08. The van der Waals surface area contributed by atoms with Gasteiger partial charge in [0.05, 0.1) is 0 Å². The van der Waals surface area contributed by atoms with Crippen molar-refractivity contribution in [3.63, 3.8) is 0 Å². The Labute approximate surface area is 87.2 Å². The van der Waals surface area contributed by atoms with E-state index < -0.39 is 0 Å². The molecule has 0 amide bonds. The van der Waals surface area contributed by atoms with Gasteiger partial charge in [-0.25, -0.2) is 0 Å². The predicted octanol–water partition coefficient (Wildman–Crippen LogP) is 1.77. The minimum absolute atomic E-state index is 0.642. The van der Waals surface area contributed by atoms with E-state index in [0.717, 1.165) is 6.54 Å². The number of likely N-dealkylation sites (tertiary alicyclic amines) is 1. The van der Waals surface area contributed by atoms with Crippen LogP contribution in [0.25, 0.3) is 0 Å². The highest BCUT2D eigenvalue weighted by Gasteiger charge is 2.39. The summed E-state index contributed by atoms with van der Waals surface area (Å²) >= 11 is 0. The summed E-state index contributed by atoms with van der Waals surface area (Å²) in [6.45, 7) is 8.21. The molecule has 80 valence electrons. The zero-order chi connectivity index (χ0) is 10.0. The van der Waals surface area contributed by atoms with Crippen molar-refractivity contribution in [3.8, 4) is 0 Å². The van der Waals surface area contributed by atoms with Crippen molar-refractivity contribution in [1.82, 2.24) is 4.90 Å². The molecule has 0 atom stereocenters. The molecule has 1 saturated heterocycles. The highest BCUT2D eigenvalue weighted by atomic mass is 15.2. The number of rotatable bonds is 3. The van der Waals surface area contributed by atoms with Crippen LogP contribution in [0.2, 0.25) is 0 Å². The van der Waals surface area contributed by atoms with Crippen molar-refractivity contribution in [2.24, 2.45) is 11.1 Å². The Bertz CT molecular complexity index is 216. The van der Waals surface area contributed by atoms with E-state index in [2.05, 4.69) is 11.5 Å². The van der Waals surface area contributed by atoms with Crippen molar-refractivity contribution in [2.45, 2.75) is 32.1 Å². The largest absolute Gasteiger partial charge is 0.327 e. The fourth-order valence-electron chi connectivity index (χ4n) is 3.08. The Morgan fingerprint density at radius 1 is 1.29 bits per heavy atom. The molecule has 1 spiro atoms. The highest BCUT2D eigenvalue weighted by molar-refractivity contribution is 5.02. The Kier molecular flexibility index (Phi) is 2.93. The molecular weight excluding hydrogens is 172 g/mol. The summed E-state index contributed by atoms with van der Waals surface area (Å²) in [6.07, 6.45) is 7.22. The number of hydrogen-bond acceptors (Lipinski definition) is 2. The van der Waals surface area contributed by atoms with Crippen molar-refractivity contribution in [3.05, 3.63) is 12.2 Å². The SMILES string of the molecule is C=C(CN)CN1CCC2(CCCC2)C1. The second kappa shape index (κ2) is 4.03. The quantitative estimate of drug-likeness (QED) is 0.694. The standard InChI is InChI=1S/C12H22N2/c1-11(8-13)9-14-7-6-12(10-14)4-2-3-5-12/h1-10,13H2. The van der Waals surface area contributed by atoms with Crippen LogP contribution in [0.15, 0.2) is 12.2 Å². The summed E-state index contributed by atoms with van der Waals surface area (Å²) in [6, 6.07) is 0. The van der Waals surface area contributed by atoms with Crippen LogP contribution in [0.4, 0.5) is 0 Å². The fraction of sp³-hybridized carbons (Fsp3) is 0.833. The van der Waals surface area contributed by atoms with E-state index in [4.69, 9.17) is 5.73 Å². The third-order valence-electron chi connectivity index (χ3n) is 3.92. The smallest absolute Gasteiger partial charge is 0.0203 e. The molecule has 14 heavy (non-hydrogen) atoms. The number of nitrogens with zero attached hydrogens (tertiary/aromatic N) is 1. The molecular formula is C12H22N2. The maximum Gasteiger partial charge on any atom is 0.0203 e. The zero-order valence-corrected chi connectivity index (χ0v) is 9.10. The monoisotopic (exact) mass is 194 g/mol. The highest BCUT2D eigenvalue weighted by Crippen LogP contribution is 2.45. The van der Waals surface area contributed by atoms with E-state index in [0.29, 0.717) is 12.0 Å². The van der Waals surface area contributed by atoms with Crippen LogP contribution in [0.1, 0.15) is 32.1 Å². The number of hydrogen-bond donors (Lipinski definition) is 1. The van der Waals surface area contributed by atoms with Gasteiger partial charge >= 0.3 is 0 Å². The second-order valence-corrected chi connectivity index (χ2v) is 5.12. The summed E-state index contributed by atoms with van der Waals surface area (Å²) in [5, 5.41) is 0. The Morgan fingerprint density at radius 2 is 2.00 bits per heavy atom. The van der Waals surface area contributed by atoms with Crippen molar-refractivity contribution >= 4 is 0 Å². The van der Waals surface area contributed by atoms with Gasteiger partial charge in [-0.15, -0.1) is 0 Å². The Hall–Kier alpha value is -0.340. The van der Waals surface area contributed by atoms with Gasteiger partial charge in [-0.3, -0.25) is 4.90 Å². The van der Waals surface area contributed by atoms with Crippen LogP contribution in [0.3, 0.4) is 0 Å². The topological polar surface area (TPSA) is 29.3 Å². The third-order valence-corrected chi connectivity index (χ3v) is 3.92. The second-order valence-electron chi connectivity index (χ2n) is 5.12. The minimum Gasteiger partial charge on any atom is -0.327 e. The first kappa shape index (κ1) is 10.2. The molecule has 1 saturated carbocycles. The third kappa shape index (κ3) is 2.01. The molecule has 1 heterocycles. The first-order valence-corrected chi connectivity index (χ1v) is 5.83. The van der Waals surface area contributed by atoms with Crippen LogP contribution < -0.4 is 5.73 Å². The van der Waals surface area contributed by atoms with Gasteiger partial charge in [0.2, 0.25) is 0 Å². The zero-order valence-electron chi connectivity index (χ0n) is 9.10. The van der Waals surface area contributed by atoms with Crippen LogP contribution in [-0.4, -0.2) is 31.1 Å². The first-order chi connectivity index (χ1) is 6.74. The van der Waals surface area contributed by atoms with Gasteiger partial charge in [0, 0.05) is 19.6 Å². The van der Waals surface area contributed by atoms with Gasteiger partial charge in [-0.2, -0.15) is 0 Å². The van der Waals surface area contributed by atoms with E-state index in [1.807, 2.05) is 0 Å². The lowest BCUT2D eigenvalue weighted by Gasteiger charge is -2.23. The molecule has 0 aromatic heterocycles. The summed E-state index contributed by atoms with van der Waals surface area (Å²) in [5.74, 6) is 0. The molecule has 1 aliphatic carbocycles. The Balaban J connectivity index is 1.85. The predicted molar refractivity (Wildman–Crippen MR) is 60.2 cm³/mol. The van der Waals surface area contributed by atoms with Gasteiger partial charge in [0.1, 0.15) is 0 Å². The lowest BCUT2D eigenvalue weighted by Crippen LogP contribution is -2.28. The molecule has 2 N–H and O–H groups in total. The molecule has 0 unspecified atom stereocenters. The van der Waals surface area contributed by atoms with E-state index in [1.54, 1.807) is 0 Å². The molecule has 0 aromatic rings. The molecule has 2 nitrogen and oxygen atoms in total. The maximum absolute atomic E-state index is 5.57. The Morgan fingerprint density at radius 3 is 2.64 bits per heavy atom. The first-order valence-electron chi connectivity index (χ1n) is 5.83. The van der Waals surface area contributed by atoms with E-state index in [9.17, 15) is 0 Å². The molecule has 2 rings (SSSR count). The van der Waals surface area contributed by atoms with Gasteiger partial charge in [0.25, 0.3) is 0 Å². The van der Waals surface area contributed by atoms with E-state index >= 15 is 0 Å². The molecule has 2 heteroatoms. The average Bonchev–Trinajstić information content (AvgIpc) is 2.78. The molecule has 2 fully saturated rings. The van der Waals surface area contributed by atoms with Gasteiger partial charge in [-0.05, 0) is 36.8 Å². The normalized spacial score (nSPS) is 26.1. The van der Waals surface area contributed by atoms with E-state index in [1.165, 1.54) is 50.8 Å². The van der Waals surface area contributed by atoms with Crippen LogP contribution in [0.5, 0.6) is 0 Å². The summed E-state index contributed by atoms with van der Waals surface area (Å²) in [7, 11) is 0. The van der Waals surface area contributed by atoms with Gasteiger partial charge in [-0.1, -0.05) is 19.4 Å². The lowest BCUT2D eigenvalue weighted by molar-refractivity contribution is 0.273. The summed E-state index contributed by atoms with van der Waals surface area (Å²) < 4.78 is 0. The molecule has 0 bridgehead atoms. The van der Waals surface area contributed by atoms with Crippen LogP contribution in [-0.2, 0) is 0 Å². The molecule has 2 aliphatic rings. The lowest BCUT2D eigenvalue weighted by atomic mass is 9.86. The molecule has 0 radical (unpaired) electrons. The average molecular weight is 194 g/mol. The number of nitrogens with two attached hydrogens (primary N) is 1. The molecule has 1 aliphatic heterocycles. The van der Waals surface area contributed by atoms with Gasteiger partial charge in [0.15, 0.2) is 0 Å². The van der Waals surface area contributed by atoms with Crippen LogP contribution in [0, 0.1) is 5.41 Å². The minimum atomic E-state index is 0.642. The molecule has 0 aromatic carbocycles. The van der Waals surface area contributed by atoms with Crippen molar-refractivity contribution < 1.29 is 0 Å². The van der Waals surface area contributed by atoms with Crippen molar-refractivity contribution in [2.75, 3.05) is 26.2 Å². The summed E-state index contributed by atoms with van der Waals surface area (Å²) in [5.41, 5.74) is 7.44. The van der Waals surface area contributed by atoms with Gasteiger partial charge < -0.3 is 5.73 Å². The van der Waals surface area contributed by atoms with E-state index in [-0.39, 0.29) is 0 Å². The van der Waals surface area contributed by atoms with Crippen molar-refractivity contribution in [1.29, 1.82) is 0 Å². The summed E-state index contributed by atoms with van der Waals surface area (Å²) in [4.78, 5) is 2.54.